The van der Waals surface area contributed by atoms with Crippen molar-refractivity contribution in [2.75, 3.05) is 0 Å². The highest BCUT2D eigenvalue weighted by atomic mass is 15.1. The molecule has 1 heterocycles. The molecule has 0 saturated carbocycles. The van der Waals surface area contributed by atoms with Crippen molar-refractivity contribution in [1.82, 2.24) is 9.55 Å². The van der Waals surface area contributed by atoms with Crippen LogP contribution in [-0.4, -0.2) is 9.55 Å². The third kappa shape index (κ3) is 0.948. The third-order valence-corrected chi connectivity index (χ3v) is 1.50. The lowest BCUT2D eigenvalue weighted by atomic mass is 10.5. The molecule has 1 rings (SSSR count). The highest BCUT2D eigenvalue weighted by molar-refractivity contribution is 5.50. The second-order valence-electron chi connectivity index (χ2n) is 2.11. The molecule has 1 aromatic heterocycles. The van der Waals surface area contributed by atoms with E-state index in [0.29, 0.717) is 11.6 Å². The fourth-order valence-corrected chi connectivity index (χ4v) is 0.802. The lowest BCUT2D eigenvalue weighted by Gasteiger charge is -1.90. The maximum Gasteiger partial charge on any atom is 0.267 e. The van der Waals surface area contributed by atoms with E-state index in [4.69, 9.17) is 11.8 Å². The van der Waals surface area contributed by atoms with Crippen molar-refractivity contribution in [2.24, 2.45) is 7.05 Å². The zero-order chi connectivity index (χ0) is 8.43. The fraction of sp³-hybridized carbons (Fsp3) is 0.286. The molecule has 0 N–H and O–H groups in total. The van der Waals surface area contributed by atoms with Gasteiger partial charge in [-0.3, -0.25) is 4.57 Å². The van der Waals surface area contributed by atoms with Gasteiger partial charge in [0.15, 0.2) is 11.5 Å². The average molecular weight is 146 g/mol. The van der Waals surface area contributed by atoms with Gasteiger partial charge >= 0.3 is 0 Å². The summed E-state index contributed by atoms with van der Waals surface area (Å²) in [6.45, 7) is 8.51. The Morgan fingerprint density at radius 3 is 2.73 bits per heavy atom. The lowest BCUT2D eigenvalue weighted by molar-refractivity contribution is 0.871. The van der Waals surface area contributed by atoms with Crippen LogP contribution in [0.25, 0.3) is 4.85 Å². The van der Waals surface area contributed by atoms with Crippen LogP contribution in [0.2, 0.25) is 0 Å². The van der Waals surface area contributed by atoms with E-state index in [2.05, 4.69) is 9.83 Å². The molecular formula is C7H6N4. The molecule has 0 fully saturated rings. The summed E-state index contributed by atoms with van der Waals surface area (Å²) in [5.74, 6) is 0.998. The number of nitriles is 1. The first kappa shape index (κ1) is 7.30. The number of hydrogen-bond acceptors (Lipinski definition) is 2. The first-order chi connectivity index (χ1) is 5.20. The Balaban J connectivity index is 3.45. The van der Waals surface area contributed by atoms with Crippen LogP contribution in [0.1, 0.15) is 11.5 Å². The van der Waals surface area contributed by atoms with Gasteiger partial charge in [-0.1, -0.05) is 6.57 Å². The minimum Gasteiger partial charge on any atom is -0.361 e. The molecule has 0 aromatic carbocycles. The van der Waals surface area contributed by atoms with E-state index in [1.807, 2.05) is 6.07 Å². The van der Waals surface area contributed by atoms with Gasteiger partial charge in [0.25, 0.3) is 5.82 Å². The minimum absolute atomic E-state index is 0.208. The summed E-state index contributed by atoms with van der Waals surface area (Å²) in [4.78, 5) is 7.08. The van der Waals surface area contributed by atoms with Gasteiger partial charge in [-0.2, -0.15) is 5.26 Å². The molecule has 1 aromatic rings. The van der Waals surface area contributed by atoms with E-state index >= 15 is 0 Å². The third-order valence-electron chi connectivity index (χ3n) is 1.50. The molecule has 0 radical (unpaired) electrons. The summed E-state index contributed by atoms with van der Waals surface area (Å²) in [7, 11) is 1.72. The molecule has 0 spiro atoms. The van der Waals surface area contributed by atoms with E-state index < -0.39 is 0 Å². The summed E-state index contributed by atoms with van der Waals surface area (Å²) in [5.41, 5.74) is 0.208. The molecule has 0 amide bonds. The van der Waals surface area contributed by atoms with E-state index in [1.165, 1.54) is 0 Å². The molecule has 0 unspecified atom stereocenters. The van der Waals surface area contributed by atoms with Gasteiger partial charge in [-0.15, -0.1) is 0 Å². The summed E-state index contributed by atoms with van der Waals surface area (Å²) >= 11 is 0. The van der Waals surface area contributed by atoms with Crippen LogP contribution < -0.4 is 0 Å². The van der Waals surface area contributed by atoms with E-state index in [9.17, 15) is 0 Å². The van der Waals surface area contributed by atoms with Gasteiger partial charge in [0.05, 0.1) is 7.05 Å². The molecule has 4 nitrogen and oxygen atoms in total. The summed E-state index contributed by atoms with van der Waals surface area (Å²) < 4.78 is 1.60. The topological polar surface area (TPSA) is 46.0 Å². The smallest absolute Gasteiger partial charge is 0.267 e. The zero-order valence-electron chi connectivity index (χ0n) is 6.29. The highest BCUT2D eigenvalue weighted by Crippen LogP contribution is 2.17. The van der Waals surface area contributed by atoms with Crippen LogP contribution in [0.5, 0.6) is 0 Å². The number of imidazole rings is 1. The molecular weight excluding hydrogens is 140 g/mol. The SMILES string of the molecule is [C-]#[N+]c1c(C#N)nc(C)n1C. The first-order valence-electron chi connectivity index (χ1n) is 3.01. The van der Waals surface area contributed by atoms with Crippen LogP contribution >= 0.6 is 0 Å². The van der Waals surface area contributed by atoms with E-state index in [-0.39, 0.29) is 5.69 Å². The predicted octanol–water partition coefficient (Wildman–Crippen LogP) is 1.15. The Morgan fingerprint density at radius 1 is 1.73 bits per heavy atom. The number of hydrogen-bond donors (Lipinski definition) is 0. The number of rotatable bonds is 0. The van der Waals surface area contributed by atoms with Crippen molar-refractivity contribution in [2.45, 2.75) is 6.92 Å². The van der Waals surface area contributed by atoms with Crippen LogP contribution in [-0.2, 0) is 7.05 Å². The molecule has 0 atom stereocenters. The molecule has 0 aliphatic heterocycles. The Morgan fingerprint density at radius 2 is 2.36 bits per heavy atom. The van der Waals surface area contributed by atoms with Crippen molar-refractivity contribution in [1.29, 1.82) is 5.26 Å². The lowest BCUT2D eigenvalue weighted by Crippen LogP contribution is -1.88. The van der Waals surface area contributed by atoms with Gasteiger partial charge in [-0.25, -0.2) is 4.98 Å². The van der Waals surface area contributed by atoms with Gasteiger partial charge < -0.3 is 4.85 Å². The Bertz CT molecular complexity index is 361. The molecule has 0 aliphatic rings. The molecule has 54 valence electrons. The summed E-state index contributed by atoms with van der Waals surface area (Å²) in [5, 5.41) is 8.52. The normalized spacial score (nSPS) is 8.73. The van der Waals surface area contributed by atoms with E-state index in [0.717, 1.165) is 0 Å². The van der Waals surface area contributed by atoms with Gasteiger partial charge in [0.2, 0.25) is 0 Å². The second-order valence-corrected chi connectivity index (χ2v) is 2.11. The number of aryl methyl sites for hydroxylation is 1. The average Bonchev–Trinajstić information content (AvgIpc) is 2.28. The first-order valence-corrected chi connectivity index (χ1v) is 3.01. The van der Waals surface area contributed by atoms with Crippen LogP contribution in [0, 0.1) is 24.8 Å². The Kier molecular flexibility index (Phi) is 1.61. The molecule has 4 heteroatoms. The van der Waals surface area contributed by atoms with Gasteiger partial charge in [0.1, 0.15) is 6.07 Å². The highest BCUT2D eigenvalue weighted by Gasteiger charge is 2.10. The molecule has 0 bridgehead atoms. The fourth-order valence-electron chi connectivity index (χ4n) is 0.802. The Labute approximate surface area is 64.5 Å². The van der Waals surface area contributed by atoms with Crippen molar-refractivity contribution in [3.05, 3.63) is 22.9 Å². The van der Waals surface area contributed by atoms with Crippen LogP contribution in [0.4, 0.5) is 5.82 Å². The molecule has 11 heavy (non-hydrogen) atoms. The monoisotopic (exact) mass is 146 g/mol. The number of aromatic nitrogens is 2. The standard InChI is InChI=1S/C7H6N4/c1-5-10-6(4-8)7(9-2)11(5)3/h1,3H3. The summed E-state index contributed by atoms with van der Waals surface area (Å²) in [6.07, 6.45) is 0. The van der Waals surface area contributed by atoms with Crippen molar-refractivity contribution in [3.63, 3.8) is 0 Å². The van der Waals surface area contributed by atoms with Crippen molar-refractivity contribution < 1.29 is 0 Å². The minimum atomic E-state index is 0.208. The quantitative estimate of drug-likeness (QED) is 0.515. The maximum absolute atomic E-state index is 8.52. The van der Waals surface area contributed by atoms with Gasteiger partial charge in [0, 0.05) is 6.92 Å². The van der Waals surface area contributed by atoms with Crippen molar-refractivity contribution in [3.8, 4) is 6.07 Å². The largest absolute Gasteiger partial charge is 0.361 e. The van der Waals surface area contributed by atoms with Crippen LogP contribution in [0.3, 0.4) is 0 Å². The second kappa shape index (κ2) is 2.43. The van der Waals surface area contributed by atoms with E-state index in [1.54, 1.807) is 18.5 Å². The number of nitrogens with zero attached hydrogens (tertiary/aromatic N) is 4. The summed E-state index contributed by atoms with van der Waals surface area (Å²) in [6, 6.07) is 1.86. The zero-order valence-corrected chi connectivity index (χ0v) is 6.29. The Hall–Kier alpha value is -1.81. The van der Waals surface area contributed by atoms with Crippen molar-refractivity contribution >= 4 is 5.82 Å². The predicted molar refractivity (Wildman–Crippen MR) is 38.9 cm³/mol. The van der Waals surface area contributed by atoms with Crippen LogP contribution in [0.15, 0.2) is 0 Å². The van der Waals surface area contributed by atoms with Gasteiger partial charge in [-0.05, 0) is 0 Å². The molecule has 0 saturated heterocycles. The maximum atomic E-state index is 8.52. The molecule has 0 aliphatic carbocycles.